The summed E-state index contributed by atoms with van der Waals surface area (Å²) >= 11 is 0. The van der Waals surface area contributed by atoms with Crippen LogP contribution in [0.2, 0.25) is 0 Å². The van der Waals surface area contributed by atoms with E-state index in [0.29, 0.717) is 30.1 Å². The molecule has 0 atom stereocenters. The van der Waals surface area contributed by atoms with Gasteiger partial charge in [0.05, 0.1) is 10.5 Å². The molecular weight excluding hydrogens is 381 g/mol. The van der Waals surface area contributed by atoms with Gasteiger partial charge in [0.25, 0.3) is 5.89 Å². The summed E-state index contributed by atoms with van der Waals surface area (Å²) in [5, 5.41) is 3.89. The molecule has 4 rings (SSSR count). The maximum absolute atomic E-state index is 13.5. The highest BCUT2D eigenvalue weighted by Gasteiger charge is 2.31. The lowest BCUT2D eigenvalue weighted by Crippen LogP contribution is -2.38. The molecule has 1 aliphatic heterocycles. The van der Waals surface area contributed by atoms with Crippen LogP contribution in [0.25, 0.3) is 22.8 Å². The lowest BCUT2D eigenvalue weighted by Gasteiger charge is -2.29. The Morgan fingerprint density at radius 2 is 1.86 bits per heavy atom. The minimum absolute atomic E-state index is 0.0869. The maximum Gasteiger partial charge on any atom is 0.259 e. The second-order valence-corrected chi connectivity index (χ2v) is 8.92. The Hall–Kier alpha value is -2.58. The zero-order chi connectivity index (χ0) is 19.7. The monoisotopic (exact) mass is 401 g/mol. The van der Waals surface area contributed by atoms with E-state index in [1.165, 1.54) is 16.4 Å². The molecule has 1 aromatic heterocycles. The van der Waals surface area contributed by atoms with Gasteiger partial charge in [0.1, 0.15) is 5.82 Å². The summed E-state index contributed by atoms with van der Waals surface area (Å²) in [5.41, 5.74) is 0.802. The van der Waals surface area contributed by atoms with E-state index in [1.807, 2.05) is 0 Å². The van der Waals surface area contributed by atoms with Gasteiger partial charge in [-0.05, 0) is 43.0 Å². The molecule has 0 aliphatic carbocycles. The first-order valence-electron chi connectivity index (χ1n) is 9.14. The van der Waals surface area contributed by atoms with E-state index in [4.69, 9.17) is 4.52 Å². The van der Waals surface area contributed by atoms with Crippen LogP contribution in [0.5, 0.6) is 0 Å². The maximum atomic E-state index is 13.5. The fraction of sp³-hybridized carbons (Fsp3) is 0.300. The van der Waals surface area contributed by atoms with Gasteiger partial charge in [-0.3, -0.25) is 0 Å². The lowest BCUT2D eigenvalue weighted by molar-refractivity contribution is 0.288. The van der Waals surface area contributed by atoms with E-state index in [9.17, 15) is 12.8 Å². The summed E-state index contributed by atoms with van der Waals surface area (Å²) in [6.45, 7) is 3.12. The molecule has 0 bridgehead atoms. The number of benzene rings is 2. The van der Waals surface area contributed by atoms with Crippen LogP contribution in [0, 0.1) is 11.7 Å². The molecule has 0 radical (unpaired) electrons. The largest absolute Gasteiger partial charge is 0.334 e. The first-order chi connectivity index (χ1) is 13.4. The van der Waals surface area contributed by atoms with Gasteiger partial charge in [-0.15, -0.1) is 0 Å². The zero-order valence-electron chi connectivity index (χ0n) is 15.4. The molecule has 3 aromatic rings. The summed E-state index contributed by atoms with van der Waals surface area (Å²) < 4.78 is 46.7. The molecule has 1 fully saturated rings. The van der Waals surface area contributed by atoms with Gasteiger partial charge in [-0.1, -0.05) is 36.3 Å². The van der Waals surface area contributed by atoms with Crippen molar-refractivity contribution < 1.29 is 17.3 Å². The minimum Gasteiger partial charge on any atom is -0.334 e. The van der Waals surface area contributed by atoms with E-state index in [-0.39, 0.29) is 16.6 Å². The third-order valence-corrected chi connectivity index (χ3v) is 6.94. The summed E-state index contributed by atoms with van der Waals surface area (Å²) in [7, 11) is -3.68. The molecule has 2 heterocycles. The van der Waals surface area contributed by atoms with Crippen LogP contribution in [0.3, 0.4) is 0 Å². The molecule has 0 unspecified atom stereocenters. The zero-order valence-corrected chi connectivity index (χ0v) is 16.2. The Labute approximate surface area is 163 Å². The topological polar surface area (TPSA) is 76.3 Å². The second kappa shape index (κ2) is 7.44. The van der Waals surface area contributed by atoms with E-state index in [1.54, 1.807) is 36.4 Å². The number of aromatic nitrogens is 2. The third-order valence-electron chi connectivity index (χ3n) is 4.99. The first kappa shape index (κ1) is 18.8. The molecule has 2 aromatic carbocycles. The average molecular weight is 401 g/mol. The van der Waals surface area contributed by atoms with Crippen molar-refractivity contribution in [2.45, 2.75) is 24.7 Å². The van der Waals surface area contributed by atoms with Gasteiger partial charge < -0.3 is 4.52 Å². The standard InChI is InChI=1S/C20H20FN3O3S/c1-14-9-11-24(12-10-14)28(25,26)18-8-3-2-7-17(18)20-22-19(23-27-20)15-5-4-6-16(21)13-15/h2-8,13-14H,9-12H2,1H3. The van der Waals surface area contributed by atoms with E-state index in [0.717, 1.165) is 12.8 Å². The van der Waals surface area contributed by atoms with Crippen LogP contribution in [0.1, 0.15) is 19.8 Å². The Morgan fingerprint density at radius 3 is 2.61 bits per heavy atom. The molecule has 0 saturated carbocycles. The minimum atomic E-state index is -3.68. The Balaban J connectivity index is 1.71. The van der Waals surface area contributed by atoms with Crippen LogP contribution in [0.15, 0.2) is 57.9 Å². The highest BCUT2D eigenvalue weighted by molar-refractivity contribution is 7.89. The molecule has 1 aliphatic rings. The van der Waals surface area contributed by atoms with Gasteiger partial charge in [0.15, 0.2) is 0 Å². The molecule has 146 valence electrons. The number of rotatable bonds is 4. The summed E-state index contributed by atoms with van der Waals surface area (Å²) in [6, 6.07) is 12.4. The molecule has 6 nitrogen and oxygen atoms in total. The number of hydrogen-bond donors (Lipinski definition) is 0. The fourth-order valence-electron chi connectivity index (χ4n) is 3.31. The van der Waals surface area contributed by atoms with Gasteiger partial charge in [-0.25, -0.2) is 12.8 Å². The van der Waals surface area contributed by atoms with Crippen LogP contribution in [-0.2, 0) is 10.0 Å². The smallest absolute Gasteiger partial charge is 0.259 e. The highest BCUT2D eigenvalue weighted by Crippen LogP contribution is 2.31. The quantitative estimate of drug-likeness (QED) is 0.661. The Bertz CT molecular complexity index is 1090. The van der Waals surface area contributed by atoms with E-state index < -0.39 is 15.8 Å². The molecule has 0 amide bonds. The van der Waals surface area contributed by atoms with Crippen LogP contribution in [-0.4, -0.2) is 36.0 Å². The fourth-order valence-corrected chi connectivity index (χ4v) is 4.96. The van der Waals surface area contributed by atoms with Crippen LogP contribution in [0.4, 0.5) is 4.39 Å². The number of nitrogens with zero attached hydrogens (tertiary/aromatic N) is 3. The van der Waals surface area contributed by atoms with Crippen LogP contribution < -0.4 is 0 Å². The third kappa shape index (κ3) is 3.57. The Kier molecular flexibility index (Phi) is 4.99. The number of hydrogen-bond acceptors (Lipinski definition) is 5. The van der Waals surface area contributed by atoms with Gasteiger partial charge in [-0.2, -0.15) is 9.29 Å². The molecular formula is C20H20FN3O3S. The summed E-state index contributed by atoms with van der Waals surface area (Å²) in [5.74, 6) is 0.398. The second-order valence-electron chi connectivity index (χ2n) is 7.02. The predicted molar refractivity (Wildman–Crippen MR) is 102 cm³/mol. The highest BCUT2D eigenvalue weighted by atomic mass is 32.2. The summed E-state index contributed by atoms with van der Waals surface area (Å²) in [4.78, 5) is 4.43. The normalized spacial score (nSPS) is 16.4. The van der Waals surface area contributed by atoms with Crippen molar-refractivity contribution in [3.05, 3.63) is 54.3 Å². The number of halogens is 1. The van der Waals surface area contributed by atoms with Gasteiger partial charge in [0.2, 0.25) is 15.8 Å². The molecule has 1 saturated heterocycles. The summed E-state index contributed by atoms with van der Waals surface area (Å²) in [6.07, 6.45) is 1.68. The SMILES string of the molecule is CC1CCN(S(=O)(=O)c2ccccc2-c2nc(-c3cccc(F)c3)no2)CC1. The van der Waals surface area contributed by atoms with Crippen molar-refractivity contribution >= 4 is 10.0 Å². The lowest BCUT2D eigenvalue weighted by atomic mass is 10.0. The van der Waals surface area contributed by atoms with Gasteiger partial charge >= 0.3 is 0 Å². The molecule has 0 N–H and O–H groups in total. The van der Waals surface area contributed by atoms with Crippen molar-refractivity contribution in [1.82, 2.24) is 14.4 Å². The molecule has 0 spiro atoms. The van der Waals surface area contributed by atoms with Crippen LogP contribution >= 0.6 is 0 Å². The molecule has 28 heavy (non-hydrogen) atoms. The first-order valence-corrected chi connectivity index (χ1v) is 10.6. The average Bonchev–Trinajstić information content (AvgIpc) is 3.18. The Morgan fingerprint density at radius 1 is 1.11 bits per heavy atom. The van der Waals surface area contributed by atoms with Crippen molar-refractivity contribution in [2.75, 3.05) is 13.1 Å². The number of piperidine rings is 1. The van der Waals surface area contributed by atoms with Crippen molar-refractivity contribution in [1.29, 1.82) is 0 Å². The van der Waals surface area contributed by atoms with Gasteiger partial charge in [0, 0.05) is 18.7 Å². The molecule has 8 heteroatoms. The number of sulfonamides is 1. The predicted octanol–water partition coefficient (Wildman–Crippen LogP) is 3.96. The van der Waals surface area contributed by atoms with Crippen molar-refractivity contribution in [3.63, 3.8) is 0 Å². The van der Waals surface area contributed by atoms with E-state index in [2.05, 4.69) is 17.1 Å². The van der Waals surface area contributed by atoms with E-state index >= 15 is 0 Å². The van der Waals surface area contributed by atoms with Crippen molar-refractivity contribution in [2.24, 2.45) is 5.92 Å². The van der Waals surface area contributed by atoms with Crippen molar-refractivity contribution in [3.8, 4) is 22.8 Å².